The van der Waals surface area contributed by atoms with Crippen molar-refractivity contribution in [3.8, 4) is 11.3 Å². The molecular weight excluding hydrogens is 380 g/mol. The van der Waals surface area contributed by atoms with E-state index in [1.165, 1.54) is 0 Å². The first-order chi connectivity index (χ1) is 14.6. The summed E-state index contributed by atoms with van der Waals surface area (Å²) >= 11 is 0. The van der Waals surface area contributed by atoms with E-state index in [-0.39, 0.29) is 6.04 Å². The van der Waals surface area contributed by atoms with Crippen LogP contribution in [0.25, 0.3) is 11.3 Å². The molecule has 1 fully saturated rings. The van der Waals surface area contributed by atoms with Gasteiger partial charge in [0.25, 0.3) is 0 Å². The molecule has 0 amide bonds. The Morgan fingerprint density at radius 2 is 2.03 bits per heavy atom. The van der Waals surface area contributed by atoms with Gasteiger partial charge < -0.3 is 14.7 Å². The number of rotatable bonds is 5. The van der Waals surface area contributed by atoms with Crippen molar-refractivity contribution in [2.45, 2.75) is 33.2 Å². The van der Waals surface area contributed by atoms with Gasteiger partial charge >= 0.3 is 0 Å². The molecule has 4 aromatic rings. The Bertz CT molecular complexity index is 1200. The zero-order chi connectivity index (χ0) is 20.7. The van der Waals surface area contributed by atoms with E-state index >= 15 is 0 Å². The molecule has 30 heavy (non-hydrogen) atoms. The van der Waals surface area contributed by atoms with Gasteiger partial charge in [-0.25, -0.2) is 4.98 Å². The maximum absolute atomic E-state index is 5.68. The van der Waals surface area contributed by atoms with E-state index in [1.54, 1.807) is 6.20 Å². The second-order valence-electron chi connectivity index (χ2n) is 7.50. The topological polar surface area (TPSA) is 109 Å². The quantitative estimate of drug-likeness (QED) is 0.518. The number of pyridine rings is 1. The van der Waals surface area contributed by atoms with Crippen LogP contribution in [0.2, 0.25) is 0 Å². The molecule has 0 aromatic carbocycles. The molecule has 1 saturated heterocycles. The van der Waals surface area contributed by atoms with Gasteiger partial charge in [-0.05, 0) is 39.3 Å². The summed E-state index contributed by atoms with van der Waals surface area (Å²) in [7, 11) is 0. The average molecular weight is 402 g/mol. The normalized spacial score (nSPS) is 15.8. The highest BCUT2D eigenvalue weighted by Gasteiger charge is 2.35. The zero-order valence-electron chi connectivity index (χ0n) is 17.0. The summed E-state index contributed by atoms with van der Waals surface area (Å²) in [6.45, 7) is 6.74. The van der Waals surface area contributed by atoms with E-state index in [1.807, 2.05) is 51.1 Å². The van der Waals surface area contributed by atoms with E-state index < -0.39 is 0 Å². The molecule has 2 N–H and O–H groups in total. The minimum atomic E-state index is 0.0607. The first kappa shape index (κ1) is 18.3. The van der Waals surface area contributed by atoms with E-state index in [0.717, 1.165) is 52.9 Å². The van der Waals surface area contributed by atoms with Gasteiger partial charge in [-0.15, -0.1) is 0 Å². The lowest BCUT2D eigenvalue weighted by molar-refractivity contribution is 0.315. The summed E-state index contributed by atoms with van der Waals surface area (Å²) in [4.78, 5) is 15.8. The number of aryl methyl sites for hydroxylation is 3. The molecule has 5 rings (SSSR count). The predicted molar refractivity (Wildman–Crippen MR) is 113 cm³/mol. The fourth-order valence-corrected chi connectivity index (χ4v) is 3.61. The molecule has 0 aliphatic carbocycles. The molecule has 0 spiro atoms. The molecule has 9 heteroatoms. The molecule has 5 heterocycles. The average Bonchev–Trinajstić information content (AvgIpc) is 3.30. The first-order valence-electron chi connectivity index (χ1n) is 9.87. The van der Waals surface area contributed by atoms with Crippen molar-refractivity contribution in [1.29, 1.82) is 0 Å². The first-order valence-corrected chi connectivity index (χ1v) is 9.87. The number of aromatic amines is 1. The Morgan fingerprint density at radius 1 is 1.13 bits per heavy atom. The highest BCUT2D eigenvalue weighted by atomic mass is 16.5. The van der Waals surface area contributed by atoms with Crippen molar-refractivity contribution in [3.63, 3.8) is 0 Å². The monoisotopic (exact) mass is 402 g/mol. The van der Waals surface area contributed by atoms with Gasteiger partial charge in [-0.3, -0.25) is 10.1 Å². The molecule has 0 radical (unpaired) electrons. The van der Waals surface area contributed by atoms with Crippen molar-refractivity contribution in [3.05, 3.63) is 59.4 Å². The summed E-state index contributed by atoms with van der Waals surface area (Å²) in [5.74, 6) is 2.90. The van der Waals surface area contributed by atoms with Crippen LogP contribution in [-0.4, -0.2) is 36.9 Å². The lowest BCUT2D eigenvalue weighted by Gasteiger charge is -2.39. The Morgan fingerprint density at radius 3 is 2.77 bits per heavy atom. The predicted octanol–water partition coefficient (Wildman–Crippen LogP) is 3.87. The Balaban J connectivity index is 1.39. The fraction of sp³-hybridized carbons (Fsp3) is 0.286. The molecule has 1 aliphatic rings. The van der Waals surface area contributed by atoms with Crippen LogP contribution in [0, 0.1) is 20.8 Å². The summed E-state index contributed by atoms with van der Waals surface area (Å²) in [5.41, 5.74) is 4.56. The van der Waals surface area contributed by atoms with Gasteiger partial charge in [0.1, 0.15) is 11.5 Å². The second kappa shape index (κ2) is 7.25. The van der Waals surface area contributed by atoms with Crippen LogP contribution in [0.3, 0.4) is 0 Å². The van der Waals surface area contributed by atoms with Gasteiger partial charge in [-0.1, -0.05) is 5.16 Å². The van der Waals surface area contributed by atoms with Crippen molar-refractivity contribution in [2.75, 3.05) is 16.8 Å². The Kier molecular flexibility index (Phi) is 4.42. The van der Waals surface area contributed by atoms with Crippen LogP contribution < -0.4 is 10.2 Å². The van der Waals surface area contributed by atoms with Crippen LogP contribution in [0.5, 0.6) is 0 Å². The van der Waals surface area contributed by atoms with Crippen LogP contribution >= 0.6 is 0 Å². The maximum Gasteiger partial charge on any atom is 0.228 e. The zero-order valence-corrected chi connectivity index (χ0v) is 17.0. The van der Waals surface area contributed by atoms with Crippen molar-refractivity contribution in [2.24, 2.45) is 0 Å². The summed E-state index contributed by atoms with van der Waals surface area (Å²) in [6.07, 6.45) is 2.73. The van der Waals surface area contributed by atoms with E-state index in [4.69, 9.17) is 9.51 Å². The molecule has 9 nitrogen and oxygen atoms in total. The van der Waals surface area contributed by atoms with Crippen LogP contribution in [0.4, 0.5) is 17.6 Å². The Hall–Kier alpha value is -3.75. The molecule has 0 saturated carbocycles. The number of anilines is 3. The van der Waals surface area contributed by atoms with Crippen molar-refractivity contribution >= 4 is 17.6 Å². The van der Waals surface area contributed by atoms with Gasteiger partial charge in [0.2, 0.25) is 5.95 Å². The fourth-order valence-electron chi connectivity index (χ4n) is 3.61. The standard InChI is InChI=1S/C21H22N8O/c1-12-9-19(24-20-10-13(2)26-27-20)25-21(23-12)29-8-6-17(29)18-11-16(28-30-18)15-5-4-7-22-14(15)3/h4-5,7,9-11,17H,6,8H2,1-3H3,(H2,23,24,25,26,27). The van der Waals surface area contributed by atoms with Crippen molar-refractivity contribution in [1.82, 2.24) is 30.3 Å². The van der Waals surface area contributed by atoms with Crippen LogP contribution in [0.15, 0.2) is 41.1 Å². The number of hydrogen-bond donors (Lipinski definition) is 2. The Labute approximate surface area is 173 Å². The second-order valence-corrected chi connectivity index (χ2v) is 7.50. The van der Waals surface area contributed by atoms with Crippen LogP contribution in [-0.2, 0) is 0 Å². The molecule has 0 bridgehead atoms. The van der Waals surface area contributed by atoms with Crippen LogP contribution in [0.1, 0.15) is 35.3 Å². The smallest absolute Gasteiger partial charge is 0.228 e. The molecule has 1 aliphatic heterocycles. The maximum atomic E-state index is 5.68. The van der Waals surface area contributed by atoms with Gasteiger partial charge in [0.15, 0.2) is 11.6 Å². The molecule has 1 atom stereocenters. The SMILES string of the molecule is Cc1cc(Nc2cc(C)[nH]n2)nc(N2CCC2c2cc(-c3cccnc3C)no2)n1. The largest absolute Gasteiger partial charge is 0.359 e. The van der Waals surface area contributed by atoms with E-state index in [0.29, 0.717) is 11.8 Å². The van der Waals surface area contributed by atoms with Gasteiger partial charge in [0, 0.05) is 53.6 Å². The molecular formula is C21H22N8O. The van der Waals surface area contributed by atoms with E-state index in [9.17, 15) is 0 Å². The summed E-state index contributed by atoms with van der Waals surface area (Å²) in [6, 6.07) is 9.79. The lowest BCUT2D eigenvalue weighted by atomic mass is 10.00. The number of H-pyrrole nitrogens is 1. The summed E-state index contributed by atoms with van der Waals surface area (Å²) < 4.78 is 5.68. The summed E-state index contributed by atoms with van der Waals surface area (Å²) in [5, 5.41) is 14.6. The minimum absolute atomic E-state index is 0.0607. The third-order valence-corrected chi connectivity index (χ3v) is 5.22. The highest BCUT2D eigenvalue weighted by molar-refractivity contribution is 5.62. The minimum Gasteiger partial charge on any atom is -0.359 e. The third-order valence-electron chi connectivity index (χ3n) is 5.22. The lowest BCUT2D eigenvalue weighted by Crippen LogP contribution is -2.42. The van der Waals surface area contributed by atoms with Gasteiger partial charge in [-0.2, -0.15) is 10.1 Å². The number of nitrogens with one attached hydrogen (secondary N) is 2. The number of hydrogen-bond acceptors (Lipinski definition) is 8. The molecule has 152 valence electrons. The van der Waals surface area contributed by atoms with E-state index in [2.05, 4.69) is 35.5 Å². The number of aromatic nitrogens is 6. The van der Waals surface area contributed by atoms with Crippen molar-refractivity contribution < 1.29 is 4.52 Å². The number of nitrogens with zero attached hydrogens (tertiary/aromatic N) is 6. The van der Waals surface area contributed by atoms with Gasteiger partial charge in [0.05, 0.1) is 6.04 Å². The molecule has 4 aromatic heterocycles. The highest BCUT2D eigenvalue weighted by Crippen LogP contribution is 2.38. The molecule has 1 unspecified atom stereocenters. The third kappa shape index (κ3) is 3.38.